The average molecular weight is 376 g/mol. The van der Waals surface area contributed by atoms with Crippen molar-refractivity contribution in [2.75, 3.05) is 11.9 Å². The minimum Gasteiger partial charge on any atom is -0.452 e. The topological polar surface area (TPSA) is 55.4 Å². The number of esters is 1. The van der Waals surface area contributed by atoms with Crippen molar-refractivity contribution in [3.63, 3.8) is 0 Å². The third-order valence-electron chi connectivity index (χ3n) is 3.42. The van der Waals surface area contributed by atoms with E-state index in [9.17, 15) is 9.59 Å². The smallest absolute Gasteiger partial charge is 0.338 e. The summed E-state index contributed by atoms with van der Waals surface area (Å²) in [6.45, 7) is 3.52. The SMILES string of the molecule is CCc1cc(Br)ccc1NC(=O)COC(=O)c1ccccc1C. The summed E-state index contributed by atoms with van der Waals surface area (Å²) in [5, 5.41) is 2.77. The lowest BCUT2D eigenvalue weighted by Gasteiger charge is -2.11. The number of nitrogens with one attached hydrogen (secondary N) is 1. The Balaban J connectivity index is 1.96. The molecular weight excluding hydrogens is 358 g/mol. The van der Waals surface area contributed by atoms with Crippen LogP contribution in [0.2, 0.25) is 0 Å². The van der Waals surface area contributed by atoms with Gasteiger partial charge in [0.2, 0.25) is 0 Å². The third kappa shape index (κ3) is 4.66. The monoisotopic (exact) mass is 375 g/mol. The quantitative estimate of drug-likeness (QED) is 0.799. The summed E-state index contributed by atoms with van der Waals surface area (Å²) in [5.41, 5.74) is 3.03. The maximum atomic E-state index is 12.0. The molecular formula is C18H18BrNO3. The molecule has 2 aromatic carbocycles. The Labute approximate surface area is 144 Å². The number of benzene rings is 2. The molecule has 0 heterocycles. The Morgan fingerprint density at radius 2 is 1.91 bits per heavy atom. The molecule has 0 atom stereocenters. The highest BCUT2D eigenvalue weighted by Crippen LogP contribution is 2.21. The van der Waals surface area contributed by atoms with Crippen LogP contribution < -0.4 is 5.32 Å². The number of hydrogen-bond acceptors (Lipinski definition) is 3. The van der Waals surface area contributed by atoms with Gasteiger partial charge in [-0.15, -0.1) is 0 Å². The van der Waals surface area contributed by atoms with Crippen LogP contribution in [0, 0.1) is 6.92 Å². The molecule has 2 aromatic rings. The van der Waals surface area contributed by atoms with Crippen molar-refractivity contribution in [3.8, 4) is 0 Å². The Hall–Kier alpha value is -2.14. The van der Waals surface area contributed by atoms with E-state index >= 15 is 0 Å². The van der Waals surface area contributed by atoms with E-state index in [0.29, 0.717) is 5.56 Å². The molecule has 1 amide bonds. The molecule has 0 aliphatic carbocycles. The predicted octanol–water partition coefficient (Wildman–Crippen LogP) is 4.12. The van der Waals surface area contributed by atoms with Gasteiger partial charge in [-0.2, -0.15) is 0 Å². The Morgan fingerprint density at radius 1 is 1.17 bits per heavy atom. The van der Waals surface area contributed by atoms with E-state index in [1.54, 1.807) is 12.1 Å². The molecule has 0 aromatic heterocycles. The van der Waals surface area contributed by atoms with Gasteiger partial charge < -0.3 is 10.1 Å². The van der Waals surface area contributed by atoms with E-state index in [-0.39, 0.29) is 12.5 Å². The summed E-state index contributed by atoms with van der Waals surface area (Å²) < 4.78 is 6.04. The van der Waals surface area contributed by atoms with Crippen LogP contribution in [0.4, 0.5) is 5.69 Å². The Kier molecular flexibility index (Phi) is 5.93. The standard InChI is InChI=1S/C18H18BrNO3/c1-3-13-10-14(19)8-9-16(13)20-17(21)11-23-18(22)15-7-5-4-6-12(15)2/h4-10H,3,11H2,1-2H3,(H,20,21). The molecule has 23 heavy (non-hydrogen) atoms. The number of anilines is 1. The van der Waals surface area contributed by atoms with E-state index in [0.717, 1.165) is 27.7 Å². The van der Waals surface area contributed by atoms with E-state index in [1.165, 1.54) is 0 Å². The van der Waals surface area contributed by atoms with Gasteiger partial charge in [-0.25, -0.2) is 4.79 Å². The van der Waals surface area contributed by atoms with Gasteiger partial charge in [0.15, 0.2) is 6.61 Å². The lowest BCUT2D eigenvalue weighted by Crippen LogP contribution is -2.21. The van der Waals surface area contributed by atoms with Gasteiger partial charge in [-0.05, 0) is 48.7 Å². The zero-order valence-electron chi connectivity index (χ0n) is 13.1. The van der Waals surface area contributed by atoms with Crippen molar-refractivity contribution in [1.29, 1.82) is 0 Å². The van der Waals surface area contributed by atoms with Crippen LogP contribution in [0.25, 0.3) is 0 Å². The summed E-state index contributed by atoms with van der Waals surface area (Å²) in [6, 6.07) is 12.7. The van der Waals surface area contributed by atoms with Crippen LogP contribution in [0.3, 0.4) is 0 Å². The van der Waals surface area contributed by atoms with Crippen LogP contribution >= 0.6 is 15.9 Å². The lowest BCUT2D eigenvalue weighted by molar-refractivity contribution is -0.119. The number of ether oxygens (including phenoxy) is 1. The number of halogens is 1. The second-order valence-corrected chi connectivity index (χ2v) is 6.01. The molecule has 0 spiro atoms. The fourth-order valence-electron chi connectivity index (χ4n) is 2.17. The van der Waals surface area contributed by atoms with Gasteiger partial charge in [0.05, 0.1) is 5.56 Å². The van der Waals surface area contributed by atoms with Crippen molar-refractivity contribution in [2.24, 2.45) is 0 Å². The van der Waals surface area contributed by atoms with Crippen molar-refractivity contribution in [3.05, 3.63) is 63.6 Å². The molecule has 0 radical (unpaired) electrons. The summed E-state index contributed by atoms with van der Waals surface area (Å²) in [7, 11) is 0. The zero-order valence-corrected chi connectivity index (χ0v) is 14.6. The Morgan fingerprint density at radius 3 is 2.61 bits per heavy atom. The fraction of sp³-hybridized carbons (Fsp3) is 0.222. The summed E-state index contributed by atoms with van der Waals surface area (Å²) in [6.07, 6.45) is 0.790. The number of rotatable bonds is 5. The van der Waals surface area contributed by atoms with Crippen LogP contribution in [0.5, 0.6) is 0 Å². The largest absolute Gasteiger partial charge is 0.452 e. The maximum absolute atomic E-state index is 12.0. The van der Waals surface area contributed by atoms with Crippen LogP contribution in [-0.4, -0.2) is 18.5 Å². The van der Waals surface area contributed by atoms with Crippen molar-refractivity contribution < 1.29 is 14.3 Å². The van der Waals surface area contributed by atoms with E-state index in [4.69, 9.17) is 4.74 Å². The number of carbonyl (C=O) groups is 2. The van der Waals surface area contributed by atoms with Crippen molar-refractivity contribution >= 4 is 33.5 Å². The van der Waals surface area contributed by atoms with Crippen LogP contribution in [0.15, 0.2) is 46.9 Å². The number of amides is 1. The minimum atomic E-state index is -0.496. The highest BCUT2D eigenvalue weighted by atomic mass is 79.9. The summed E-state index contributed by atoms with van der Waals surface area (Å²) >= 11 is 3.40. The molecule has 0 aliphatic heterocycles. The van der Waals surface area contributed by atoms with Crippen molar-refractivity contribution in [2.45, 2.75) is 20.3 Å². The van der Waals surface area contributed by atoms with Crippen molar-refractivity contribution in [1.82, 2.24) is 0 Å². The first kappa shape index (κ1) is 17.2. The normalized spacial score (nSPS) is 10.2. The molecule has 0 saturated heterocycles. The zero-order chi connectivity index (χ0) is 16.8. The van der Waals surface area contributed by atoms with E-state index in [2.05, 4.69) is 21.2 Å². The third-order valence-corrected chi connectivity index (χ3v) is 3.91. The first-order chi connectivity index (χ1) is 11.0. The maximum Gasteiger partial charge on any atom is 0.338 e. The summed E-state index contributed by atoms with van der Waals surface area (Å²) in [5.74, 6) is -0.853. The Bertz CT molecular complexity index is 728. The molecule has 4 nitrogen and oxygen atoms in total. The number of aryl methyl sites for hydroxylation is 2. The predicted molar refractivity (Wildman–Crippen MR) is 93.6 cm³/mol. The van der Waals surface area contributed by atoms with Crippen LogP contribution in [0.1, 0.15) is 28.4 Å². The minimum absolute atomic E-state index is 0.313. The molecule has 0 aliphatic rings. The molecule has 0 fully saturated rings. The fourth-order valence-corrected chi connectivity index (χ4v) is 2.58. The molecule has 1 N–H and O–H groups in total. The van der Waals surface area contributed by atoms with Gasteiger partial charge in [-0.3, -0.25) is 4.79 Å². The second kappa shape index (κ2) is 7.92. The van der Waals surface area contributed by atoms with E-state index < -0.39 is 5.97 Å². The second-order valence-electron chi connectivity index (χ2n) is 5.09. The molecule has 0 bridgehead atoms. The van der Waals surface area contributed by atoms with Gasteiger partial charge in [-0.1, -0.05) is 41.1 Å². The molecule has 0 saturated carbocycles. The number of hydrogen-bond donors (Lipinski definition) is 1. The highest BCUT2D eigenvalue weighted by molar-refractivity contribution is 9.10. The first-order valence-corrected chi connectivity index (χ1v) is 8.11. The average Bonchev–Trinajstić information content (AvgIpc) is 2.54. The highest BCUT2D eigenvalue weighted by Gasteiger charge is 2.13. The van der Waals surface area contributed by atoms with Crippen LogP contribution in [-0.2, 0) is 16.0 Å². The van der Waals surface area contributed by atoms with Gasteiger partial charge in [0.25, 0.3) is 5.91 Å². The molecule has 2 rings (SSSR count). The summed E-state index contributed by atoms with van der Waals surface area (Å²) in [4.78, 5) is 24.0. The van der Waals surface area contributed by atoms with Gasteiger partial charge in [0, 0.05) is 10.2 Å². The van der Waals surface area contributed by atoms with E-state index in [1.807, 2.05) is 44.2 Å². The molecule has 5 heteroatoms. The number of carbonyl (C=O) groups excluding carboxylic acids is 2. The van der Waals surface area contributed by atoms with Gasteiger partial charge >= 0.3 is 5.97 Å². The molecule has 0 unspecified atom stereocenters. The van der Waals surface area contributed by atoms with Gasteiger partial charge in [0.1, 0.15) is 0 Å². The lowest BCUT2D eigenvalue weighted by atomic mass is 10.1. The molecule has 120 valence electrons. The first-order valence-electron chi connectivity index (χ1n) is 7.32.